The summed E-state index contributed by atoms with van der Waals surface area (Å²) in [5.41, 5.74) is 2.58. The quantitative estimate of drug-likeness (QED) is 0.671. The van der Waals surface area contributed by atoms with E-state index in [0.717, 1.165) is 0 Å². The van der Waals surface area contributed by atoms with Crippen LogP contribution >= 0.6 is 0 Å². The van der Waals surface area contributed by atoms with Gasteiger partial charge in [-0.15, -0.1) is 0 Å². The summed E-state index contributed by atoms with van der Waals surface area (Å²) in [7, 11) is 0. The second kappa shape index (κ2) is 6.84. The third-order valence-electron chi connectivity index (χ3n) is 3.88. The Bertz CT molecular complexity index is 864. The first-order valence-electron chi connectivity index (χ1n) is 7.82. The van der Waals surface area contributed by atoms with E-state index in [1.54, 1.807) is 54.9 Å². The summed E-state index contributed by atoms with van der Waals surface area (Å²) in [4.78, 5) is 17.3. The molecule has 0 radical (unpaired) electrons. The predicted molar refractivity (Wildman–Crippen MR) is 95.1 cm³/mol. The van der Waals surface area contributed by atoms with E-state index in [9.17, 15) is 15.0 Å². The lowest BCUT2D eigenvalue weighted by atomic mass is 10.1. The maximum atomic E-state index is 12.1. The molecule has 126 valence electrons. The number of fused-ring (bicyclic) bond motifs is 1. The molecule has 2 N–H and O–H groups in total. The van der Waals surface area contributed by atoms with E-state index in [0.29, 0.717) is 11.4 Å². The minimum atomic E-state index is -2.45. The topological polar surface area (TPSA) is 73.7 Å². The summed E-state index contributed by atoms with van der Waals surface area (Å²) in [5.74, 6) is -3.21. The number of nitrogens with zero attached hydrogens (tertiary/aromatic N) is 2. The molecule has 2 aromatic carbocycles. The van der Waals surface area contributed by atoms with Gasteiger partial charge in [0.25, 0.3) is 11.7 Å². The van der Waals surface area contributed by atoms with Gasteiger partial charge in [-0.25, -0.2) is 0 Å². The van der Waals surface area contributed by atoms with Gasteiger partial charge in [0.2, 0.25) is 0 Å². The van der Waals surface area contributed by atoms with Crippen molar-refractivity contribution in [2.75, 3.05) is 4.90 Å². The molecule has 0 fully saturated rings. The summed E-state index contributed by atoms with van der Waals surface area (Å²) >= 11 is 0. The fourth-order valence-electron chi connectivity index (χ4n) is 2.60. The zero-order chi connectivity index (χ0) is 17.9. The van der Waals surface area contributed by atoms with Gasteiger partial charge in [-0.2, -0.15) is 0 Å². The van der Waals surface area contributed by atoms with Crippen molar-refractivity contribution in [3.05, 3.63) is 90.3 Å². The summed E-state index contributed by atoms with van der Waals surface area (Å²) in [6.45, 7) is 2.04. The first kappa shape index (κ1) is 16.8. The number of carbonyl (C=O) groups is 1. The first-order chi connectivity index (χ1) is 12.0. The van der Waals surface area contributed by atoms with Gasteiger partial charge in [0.1, 0.15) is 0 Å². The molecule has 5 nitrogen and oxygen atoms in total. The molecule has 1 aromatic heterocycles. The Balaban J connectivity index is 0.000000219. The summed E-state index contributed by atoms with van der Waals surface area (Å²) < 4.78 is 0. The number of hydrogen-bond donors (Lipinski definition) is 2. The summed E-state index contributed by atoms with van der Waals surface area (Å²) in [6, 6.07) is 19.5. The molecule has 3 aromatic rings. The number of aliphatic hydroxyl groups is 2. The van der Waals surface area contributed by atoms with Crippen molar-refractivity contribution in [3.63, 3.8) is 0 Å². The van der Waals surface area contributed by atoms with Crippen molar-refractivity contribution in [1.29, 1.82) is 0 Å². The Morgan fingerprint density at radius 3 is 2.08 bits per heavy atom. The smallest absolute Gasteiger partial charge is 0.296 e. The van der Waals surface area contributed by atoms with E-state index in [1.165, 1.54) is 16.5 Å². The molecule has 0 aliphatic carbocycles. The van der Waals surface area contributed by atoms with Crippen LogP contribution in [0.3, 0.4) is 0 Å². The highest BCUT2D eigenvalue weighted by atomic mass is 16.5. The highest BCUT2D eigenvalue weighted by Crippen LogP contribution is 2.42. The molecule has 25 heavy (non-hydrogen) atoms. The van der Waals surface area contributed by atoms with E-state index in [-0.39, 0.29) is 5.56 Å². The molecule has 5 heteroatoms. The van der Waals surface area contributed by atoms with Gasteiger partial charge in [0.15, 0.2) is 0 Å². The number of pyridine rings is 1. The Hall–Kier alpha value is -3.02. The number of carbonyl (C=O) groups excluding carboxylic acids is 1. The van der Waals surface area contributed by atoms with Crippen LogP contribution in [-0.2, 0) is 10.6 Å². The molecule has 0 bridgehead atoms. The Morgan fingerprint density at radius 1 is 0.880 bits per heavy atom. The number of benzene rings is 2. The van der Waals surface area contributed by atoms with Crippen LogP contribution in [0.25, 0.3) is 0 Å². The van der Waals surface area contributed by atoms with E-state index in [2.05, 4.69) is 4.98 Å². The average Bonchev–Trinajstić information content (AvgIpc) is 2.84. The number of anilines is 2. The number of aryl methyl sites for hydroxylation is 1. The maximum Gasteiger partial charge on any atom is 0.296 e. The fourth-order valence-corrected chi connectivity index (χ4v) is 2.60. The Labute approximate surface area is 145 Å². The monoisotopic (exact) mass is 334 g/mol. The summed E-state index contributed by atoms with van der Waals surface area (Å²) in [5, 5.41) is 19.8. The third-order valence-corrected chi connectivity index (χ3v) is 3.88. The van der Waals surface area contributed by atoms with Crippen LogP contribution in [0, 0.1) is 6.92 Å². The molecule has 0 saturated carbocycles. The zero-order valence-corrected chi connectivity index (χ0v) is 13.7. The molecule has 0 spiro atoms. The number of aromatic nitrogens is 1. The Morgan fingerprint density at radius 2 is 1.48 bits per heavy atom. The molecule has 1 aliphatic heterocycles. The van der Waals surface area contributed by atoms with Crippen LogP contribution in [0.1, 0.15) is 11.1 Å². The highest BCUT2D eigenvalue weighted by Gasteiger charge is 2.49. The number of amides is 1. The van der Waals surface area contributed by atoms with Gasteiger partial charge in [0, 0.05) is 23.6 Å². The van der Waals surface area contributed by atoms with Crippen molar-refractivity contribution < 1.29 is 15.0 Å². The van der Waals surface area contributed by atoms with Crippen LogP contribution in [0.2, 0.25) is 0 Å². The lowest BCUT2D eigenvalue weighted by Crippen LogP contribution is -2.37. The lowest BCUT2D eigenvalue weighted by molar-refractivity contribution is -0.182. The van der Waals surface area contributed by atoms with Crippen molar-refractivity contribution in [3.8, 4) is 0 Å². The van der Waals surface area contributed by atoms with Gasteiger partial charge in [0.05, 0.1) is 5.69 Å². The normalized spacial score (nSPS) is 14.5. The molecule has 4 rings (SSSR count). The number of hydrogen-bond acceptors (Lipinski definition) is 4. The standard InChI is InChI=1S/C14H11NO3.C6H7N/c16-13-14(17,18)11-8-4-5-9-12(11)15(13)10-6-2-1-3-7-10;1-6-2-4-7-5-3-6/h1-9,17-18H;2-5H,1H3. The predicted octanol–water partition coefficient (Wildman–Crippen LogP) is 2.89. The SMILES string of the molecule is Cc1ccncc1.O=C1N(c2ccccc2)c2ccccc2C1(O)O. The van der Waals surface area contributed by atoms with Crippen LogP contribution in [0.4, 0.5) is 11.4 Å². The lowest BCUT2D eigenvalue weighted by Gasteiger charge is -2.18. The van der Waals surface area contributed by atoms with Gasteiger partial charge in [-0.3, -0.25) is 14.7 Å². The maximum absolute atomic E-state index is 12.1. The van der Waals surface area contributed by atoms with Gasteiger partial charge in [-0.1, -0.05) is 36.4 Å². The largest absolute Gasteiger partial charge is 0.354 e. The average molecular weight is 334 g/mol. The van der Waals surface area contributed by atoms with Crippen molar-refractivity contribution in [2.24, 2.45) is 0 Å². The molecule has 2 heterocycles. The molecule has 1 aliphatic rings. The van der Waals surface area contributed by atoms with E-state index < -0.39 is 11.7 Å². The zero-order valence-electron chi connectivity index (χ0n) is 13.7. The second-order valence-corrected chi connectivity index (χ2v) is 5.69. The van der Waals surface area contributed by atoms with Crippen molar-refractivity contribution in [2.45, 2.75) is 12.7 Å². The molecular weight excluding hydrogens is 316 g/mol. The summed E-state index contributed by atoms with van der Waals surface area (Å²) in [6.07, 6.45) is 3.57. The minimum Gasteiger partial charge on any atom is -0.354 e. The van der Waals surface area contributed by atoms with Crippen molar-refractivity contribution >= 4 is 17.3 Å². The van der Waals surface area contributed by atoms with Crippen molar-refractivity contribution in [1.82, 2.24) is 4.98 Å². The van der Waals surface area contributed by atoms with Crippen LogP contribution in [0.5, 0.6) is 0 Å². The molecule has 1 amide bonds. The van der Waals surface area contributed by atoms with Gasteiger partial charge >= 0.3 is 0 Å². The third kappa shape index (κ3) is 3.28. The highest BCUT2D eigenvalue weighted by molar-refractivity contribution is 6.10. The molecular formula is C20H18N2O3. The van der Waals surface area contributed by atoms with Gasteiger partial charge in [-0.05, 0) is 42.8 Å². The fraction of sp³-hybridized carbons (Fsp3) is 0.100. The van der Waals surface area contributed by atoms with Crippen LogP contribution in [-0.4, -0.2) is 21.1 Å². The Kier molecular flexibility index (Phi) is 4.61. The first-order valence-corrected chi connectivity index (χ1v) is 7.82. The van der Waals surface area contributed by atoms with E-state index in [4.69, 9.17) is 0 Å². The molecule has 0 atom stereocenters. The van der Waals surface area contributed by atoms with Crippen LogP contribution < -0.4 is 4.90 Å². The molecule has 0 unspecified atom stereocenters. The molecule has 0 saturated heterocycles. The van der Waals surface area contributed by atoms with Crippen LogP contribution in [0.15, 0.2) is 79.1 Å². The van der Waals surface area contributed by atoms with E-state index >= 15 is 0 Å². The number of rotatable bonds is 1. The second-order valence-electron chi connectivity index (χ2n) is 5.69. The van der Waals surface area contributed by atoms with Gasteiger partial charge < -0.3 is 10.2 Å². The van der Waals surface area contributed by atoms with E-state index in [1.807, 2.05) is 25.1 Å². The number of para-hydroxylation sites is 2. The minimum absolute atomic E-state index is 0.207.